The molecule has 0 unspecified atom stereocenters. The molecule has 0 aromatic heterocycles. The van der Waals surface area contributed by atoms with Crippen molar-refractivity contribution in [2.24, 2.45) is 0 Å². The Morgan fingerprint density at radius 3 is 2.50 bits per heavy atom. The zero-order valence-electron chi connectivity index (χ0n) is 6.93. The number of hydrogen-bond donors (Lipinski definition) is 1. The molecule has 1 heterocycles. The third-order valence-electron chi connectivity index (χ3n) is 2.03. The van der Waals surface area contributed by atoms with E-state index in [4.69, 9.17) is 0 Å². The second-order valence-corrected chi connectivity index (χ2v) is 2.68. The van der Waals surface area contributed by atoms with Crippen LogP contribution in [-0.2, 0) is 0 Å². The van der Waals surface area contributed by atoms with Crippen LogP contribution in [0.15, 0.2) is 0 Å². The summed E-state index contributed by atoms with van der Waals surface area (Å²) in [6.07, 6.45) is 0. The Morgan fingerprint density at radius 2 is 2.00 bits per heavy atom. The third-order valence-corrected chi connectivity index (χ3v) is 2.03. The first-order valence-corrected chi connectivity index (χ1v) is 4.01. The van der Waals surface area contributed by atoms with Gasteiger partial charge in [0.2, 0.25) is 0 Å². The van der Waals surface area contributed by atoms with Crippen molar-refractivity contribution >= 4 is 0 Å². The molecule has 0 radical (unpaired) electrons. The Hall–Kier alpha value is -0.120. The van der Waals surface area contributed by atoms with Gasteiger partial charge in [0.05, 0.1) is 0 Å². The maximum atomic E-state index is 3.33. The van der Waals surface area contributed by atoms with Crippen LogP contribution in [0.3, 0.4) is 0 Å². The lowest BCUT2D eigenvalue weighted by atomic mass is 10.4. The molecule has 10 heavy (non-hydrogen) atoms. The number of rotatable bonds is 2. The van der Waals surface area contributed by atoms with Crippen molar-refractivity contribution in [3.63, 3.8) is 0 Å². The summed E-state index contributed by atoms with van der Waals surface area (Å²) in [7, 11) is 2.14. The van der Waals surface area contributed by atoms with Crippen LogP contribution in [-0.4, -0.2) is 49.8 Å². The van der Waals surface area contributed by atoms with E-state index in [1.165, 1.54) is 0 Å². The largest absolute Gasteiger partial charge is 0.314 e. The fourth-order valence-electron chi connectivity index (χ4n) is 1.19. The van der Waals surface area contributed by atoms with E-state index in [-0.39, 0.29) is 0 Å². The monoisotopic (exact) mass is 143 g/mol. The molecule has 60 valence electrons. The predicted molar refractivity (Wildman–Crippen MR) is 42.7 cm³/mol. The van der Waals surface area contributed by atoms with Crippen molar-refractivity contribution in [1.82, 2.24) is 15.3 Å². The average Bonchev–Trinajstić information content (AvgIpc) is 2.05. The molecule has 0 saturated carbocycles. The van der Waals surface area contributed by atoms with E-state index in [1.54, 1.807) is 0 Å². The van der Waals surface area contributed by atoms with Crippen LogP contribution >= 0.6 is 0 Å². The number of nitrogens with zero attached hydrogens (tertiary/aromatic N) is 2. The van der Waals surface area contributed by atoms with Gasteiger partial charge in [0.15, 0.2) is 0 Å². The van der Waals surface area contributed by atoms with E-state index >= 15 is 0 Å². The summed E-state index contributed by atoms with van der Waals surface area (Å²) >= 11 is 0. The molecular formula is C7H17N3. The molecule has 1 aliphatic heterocycles. The highest BCUT2D eigenvalue weighted by Crippen LogP contribution is 1.95. The lowest BCUT2D eigenvalue weighted by Crippen LogP contribution is -2.50. The van der Waals surface area contributed by atoms with Gasteiger partial charge in [-0.05, 0) is 0 Å². The minimum absolute atomic E-state index is 1.11. The van der Waals surface area contributed by atoms with E-state index < -0.39 is 0 Å². The van der Waals surface area contributed by atoms with Crippen LogP contribution in [0.1, 0.15) is 6.92 Å². The van der Waals surface area contributed by atoms with E-state index in [0.29, 0.717) is 0 Å². The maximum Gasteiger partial charge on any atom is 0.0259 e. The molecule has 0 aromatic rings. The predicted octanol–water partition coefficient (Wildman–Crippen LogP) is -0.242. The third kappa shape index (κ3) is 1.94. The van der Waals surface area contributed by atoms with Gasteiger partial charge in [-0.2, -0.15) is 0 Å². The molecule has 0 amide bonds. The highest BCUT2D eigenvalue weighted by molar-refractivity contribution is 4.63. The van der Waals surface area contributed by atoms with Crippen molar-refractivity contribution < 1.29 is 0 Å². The SMILES string of the molecule is CCN(C)N1CCNCC1. The van der Waals surface area contributed by atoms with Crippen LogP contribution in [0.25, 0.3) is 0 Å². The summed E-state index contributed by atoms with van der Waals surface area (Å²) < 4.78 is 0. The van der Waals surface area contributed by atoms with Gasteiger partial charge >= 0.3 is 0 Å². The van der Waals surface area contributed by atoms with Gasteiger partial charge in [0.1, 0.15) is 0 Å². The maximum absolute atomic E-state index is 3.33. The summed E-state index contributed by atoms with van der Waals surface area (Å²) in [5.74, 6) is 0. The van der Waals surface area contributed by atoms with Gasteiger partial charge in [-0.1, -0.05) is 6.92 Å². The standard InChI is InChI=1S/C7H17N3/c1-3-9(2)10-6-4-8-5-7-10/h8H,3-7H2,1-2H3. The van der Waals surface area contributed by atoms with Crippen LogP contribution < -0.4 is 5.32 Å². The summed E-state index contributed by atoms with van der Waals surface area (Å²) in [5, 5.41) is 7.99. The van der Waals surface area contributed by atoms with E-state index in [9.17, 15) is 0 Å². The molecule has 1 fully saturated rings. The van der Waals surface area contributed by atoms with Gasteiger partial charge in [-0.15, -0.1) is 0 Å². The first-order chi connectivity index (χ1) is 4.84. The van der Waals surface area contributed by atoms with Crippen LogP contribution in [0, 0.1) is 0 Å². The molecule has 0 spiro atoms. The Kier molecular flexibility index (Phi) is 3.12. The second-order valence-electron chi connectivity index (χ2n) is 2.68. The fraction of sp³-hybridized carbons (Fsp3) is 1.00. The van der Waals surface area contributed by atoms with Crippen LogP contribution in [0.2, 0.25) is 0 Å². The van der Waals surface area contributed by atoms with Crippen LogP contribution in [0.4, 0.5) is 0 Å². The highest BCUT2D eigenvalue weighted by atomic mass is 15.6. The molecule has 1 N–H and O–H groups in total. The van der Waals surface area contributed by atoms with Crippen LogP contribution in [0.5, 0.6) is 0 Å². The quantitative estimate of drug-likeness (QED) is 0.575. The molecule has 1 rings (SSSR count). The van der Waals surface area contributed by atoms with Gasteiger partial charge < -0.3 is 5.32 Å². The number of nitrogens with one attached hydrogen (secondary N) is 1. The topological polar surface area (TPSA) is 18.5 Å². The number of hydrogen-bond acceptors (Lipinski definition) is 3. The zero-order valence-corrected chi connectivity index (χ0v) is 6.93. The first kappa shape index (κ1) is 7.98. The van der Waals surface area contributed by atoms with Gasteiger partial charge in [-0.3, -0.25) is 0 Å². The fourth-order valence-corrected chi connectivity index (χ4v) is 1.19. The molecule has 3 nitrogen and oxygen atoms in total. The zero-order chi connectivity index (χ0) is 7.40. The lowest BCUT2D eigenvalue weighted by molar-refractivity contribution is -0.00558. The normalized spacial score (nSPS) is 21.9. The minimum atomic E-state index is 1.11. The van der Waals surface area contributed by atoms with E-state index in [0.717, 1.165) is 32.7 Å². The van der Waals surface area contributed by atoms with Crippen molar-refractivity contribution in [3.05, 3.63) is 0 Å². The first-order valence-electron chi connectivity index (χ1n) is 4.01. The van der Waals surface area contributed by atoms with Crippen molar-refractivity contribution in [2.75, 3.05) is 39.8 Å². The van der Waals surface area contributed by atoms with Gasteiger partial charge in [0, 0.05) is 39.8 Å². The highest BCUT2D eigenvalue weighted by Gasteiger charge is 2.11. The molecule has 0 bridgehead atoms. The Bertz CT molecular complexity index is 88.9. The molecule has 1 saturated heterocycles. The molecule has 0 aromatic carbocycles. The second kappa shape index (κ2) is 3.91. The Morgan fingerprint density at radius 1 is 1.40 bits per heavy atom. The summed E-state index contributed by atoms with van der Waals surface area (Å²) in [6, 6.07) is 0. The molecule has 0 aliphatic carbocycles. The number of piperazine rings is 1. The van der Waals surface area contributed by atoms with Crippen molar-refractivity contribution in [1.29, 1.82) is 0 Å². The van der Waals surface area contributed by atoms with E-state index in [2.05, 4.69) is 29.3 Å². The van der Waals surface area contributed by atoms with Crippen molar-refractivity contribution in [2.45, 2.75) is 6.92 Å². The summed E-state index contributed by atoms with van der Waals surface area (Å²) in [5.41, 5.74) is 0. The minimum Gasteiger partial charge on any atom is -0.314 e. The van der Waals surface area contributed by atoms with Gasteiger partial charge in [0.25, 0.3) is 0 Å². The number of hydrazine groups is 1. The summed E-state index contributed by atoms with van der Waals surface area (Å²) in [4.78, 5) is 0. The Balaban J connectivity index is 2.24. The molecular weight excluding hydrogens is 126 g/mol. The summed E-state index contributed by atoms with van der Waals surface area (Å²) in [6.45, 7) is 7.87. The molecule has 0 atom stereocenters. The Labute approximate surface area is 63.0 Å². The lowest BCUT2D eigenvalue weighted by Gasteiger charge is -2.34. The molecule has 3 heteroatoms. The smallest absolute Gasteiger partial charge is 0.0259 e. The average molecular weight is 143 g/mol. The van der Waals surface area contributed by atoms with Gasteiger partial charge in [-0.25, -0.2) is 10.0 Å². The van der Waals surface area contributed by atoms with E-state index in [1.807, 2.05) is 0 Å². The van der Waals surface area contributed by atoms with Crippen molar-refractivity contribution in [3.8, 4) is 0 Å². The molecule has 1 aliphatic rings.